The predicted molar refractivity (Wildman–Crippen MR) is 83.0 cm³/mol. The quantitative estimate of drug-likeness (QED) is 0.858. The van der Waals surface area contributed by atoms with E-state index in [2.05, 4.69) is 5.10 Å². The van der Waals surface area contributed by atoms with Gasteiger partial charge in [0.2, 0.25) is 0 Å². The van der Waals surface area contributed by atoms with Gasteiger partial charge in [0, 0.05) is 18.3 Å². The smallest absolute Gasteiger partial charge is 0.143 e. The van der Waals surface area contributed by atoms with Crippen LogP contribution >= 0.6 is 0 Å². The third kappa shape index (κ3) is 3.51. The van der Waals surface area contributed by atoms with Crippen LogP contribution in [0.15, 0.2) is 36.5 Å². The first-order valence-electron chi connectivity index (χ1n) is 7.61. The lowest BCUT2D eigenvalue weighted by Gasteiger charge is -2.08. The summed E-state index contributed by atoms with van der Waals surface area (Å²) >= 11 is 0. The number of aromatic nitrogens is 2. The van der Waals surface area contributed by atoms with Crippen molar-refractivity contribution in [2.24, 2.45) is 0 Å². The number of anilines is 1. The molecule has 3 rings (SSSR count). The Morgan fingerprint density at radius 1 is 1.14 bits per heavy atom. The van der Waals surface area contributed by atoms with E-state index in [1.165, 1.54) is 25.7 Å². The molecule has 1 aromatic carbocycles. The Morgan fingerprint density at radius 2 is 1.86 bits per heavy atom. The van der Waals surface area contributed by atoms with Crippen LogP contribution < -0.4 is 5.73 Å². The van der Waals surface area contributed by atoms with Crippen LogP contribution in [0.2, 0.25) is 0 Å². The zero-order valence-corrected chi connectivity index (χ0v) is 12.2. The highest BCUT2D eigenvalue weighted by molar-refractivity contribution is 5.82. The van der Waals surface area contributed by atoms with E-state index in [1.54, 1.807) is 0 Å². The van der Waals surface area contributed by atoms with E-state index in [1.807, 2.05) is 41.2 Å². The summed E-state index contributed by atoms with van der Waals surface area (Å²) < 4.78 is 2.04. The number of carbonyl (C=O) groups is 1. The van der Waals surface area contributed by atoms with Gasteiger partial charge >= 0.3 is 0 Å². The Bertz CT molecular complexity index is 609. The van der Waals surface area contributed by atoms with Crippen molar-refractivity contribution in [3.05, 3.63) is 47.8 Å². The van der Waals surface area contributed by atoms with Crippen LogP contribution in [0.1, 0.15) is 43.0 Å². The van der Waals surface area contributed by atoms with Gasteiger partial charge in [0.25, 0.3) is 0 Å². The van der Waals surface area contributed by atoms with Gasteiger partial charge in [0.05, 0.1) is 18.2 Å². The number of nitrogen functional groups attached to an aromatic ring is 1. The molecule has 0 saturated heterocycles. The number of rotatable bonds is 5. The molecule has 0 atom stereocenters. The SMILES string of the molecule is Nc1ccc(CC(=O)Cc2ccn(C3CCCC3)n2)cc1. The maximum Gasteiger partial charge on any atom is 0.143 e. The highest BCUT2D eigenvalue weighted by Crippen LogP contribution is 2.28. The maximum absolute atomic E-state index is 12.1. The van der Waals surface area contributed by atoms with E-state index < -0.39 is 0 Å². The summed E-state index contributed by atoms with van der Waals surface area (Å²) in [7, 11) is 0. The van der Waals surface area contributed by atoms with Crippen molar-refractivity contribution in [3.63, 3.8) is 0 Å². The maximum atomic E-state index is 12.1. The first-order chi connectivity index (χ1) is 10.2. The molecule has 0 amide bonds. The molecular weight excluding hydrogens is 262 g/mol. The Balaban J connectivity index is 1.58. The topological polar surface area (TPSA) is 60.9 Å². The van der Waals surface area contributed by atoms with Gasteiger partial charge < -0.3 is 5.73 Å². The van der Waals surface area contributed by atoms with Crippen LogP contribution in [0.25, 0.3) is 0 Å². The van der Waals surface area contributed by atoms with E-state index in [9.17, 15) is 4.79 Å². The second kappa shape index (κ2) is 6.12. The molecule has 1 aromatic heterocycles. The molecule has 0 spiro atoms. The number of hydrogen-bond donors (Lipinski definition) is 1. The van der Waals surface area contributed by atoms with Crippen LogP contribution in [0.4, 0.5) is 5.69 Å². The average Bonchev–Trinajstić information content (AvgIpc) is 3.12. The molecule has 2 N–H and O–H groups in total. The highest BCUT2D eigenvalue weighted by Gasteiger charge is 2.18. The van der Waals surface area contributed by atoms with Gasteiger partial charge in [-0.3, -0.25) is 9.48 Å². The number of nitrogens with two attached hydrogens (primary N) is 1. The summed E-state index contributed by atoms with van der Waals surface area (Å²) in [6.45, 7) is 0. The minimum absolute atomic E-state index is 0.191. The van der Waals surface area contributed by atoms with E-state index in [0.29, 0.717) is 18.9 Å². The molecule has 4 heteroatoms. The molecular formula is C17H21N3O. The monoisotopic (exact) mass is 283 g/mol. The van der Waals surface area contributed by atoms with Crippen LogP contribution in [0, 0.1) is 0 Å². The summed E-state index contributed by atoms with van der Waals surface area (Å²) in [6, 6.07) is 9.98. The minimum atomic E-state index is 0.191. The molecule has 1 aliphatic carbocycles. The number of hydrogen-bond acceptors (Lipinski definition) is 3. The number of nitrogens with zero attached hydrogens (tertiary/aromatic N) is 2. The van der Waals surface area contributed by atoms with Crippen LogP contribution in [0.3, 0.4) is 0 Å². The van der Waals surface area contributed by atoms with Crippen LogP contribution in [-0.4, -0.2) is 15.6 Å². The number of carbonyl (C=O) groups excluding carboxylic acids is 1. The minimum Gasteiger partial charge on any atom is -0.399 e. The summed E-state index contributed by atoms with van der Waals surface area (Å²) in [5.41, 5.74) is 8.25. The summed E-state index contributed by atoms with van der Waals surface area (Å²) in [5, 5.41) is 4.56. The average molecular weight is 283 g/mol. The zero-order chi connectivity index (χ0) is 14.7. The number of Topliss-reactive ketones (excluding diaryl/α,β-unsaturated/α-hetero) is 1. The molecule has 4 nitrogen and oxygen atoms in total. The molecule has 0 aliphatic heterocycles. The molecule has 1 fully saturated rings. The van der Waals surface area contributed by atoms with Crippen molar-refractivity contribution >= 4 is 11.5 Å². The van der Waals surface area contributed by atoms with Crippen molar-refractivity contribution in [3.8, 4) is 0 Å². The number of benzene rings is 1. The Kier molecular flexibility index (Phi) is 4.04. The molecule has 2 aromatic rings. The van der Waals surface area contributed by atoms with Crippen molar-refractivity contribution in [1.82, 2.24) is 9.78 Å². The third-order valence-corrected chi connectivity index (χ3v) is 4.12. The molecule has 21 heavy (non-hydrogen) atoms. The van der Waals surface area contributed by atoms with Crippen molar-refractivity contribution in [2.45, 2.75) is 44.6 Å². The molecule has 110 valence electrons. The normalized spacial score (nSPS) is 15.4. The first kappa shape index (κ1) is 13.9. The standard InChI is InChI=1S/C17H21N3O/c18-14-7-5-13(6-8-14)11-17(21)12-15-9-10-20(19-15)16-3-1-2-4-16/h5-10,16H,1-4,11-12,18H2. The van der Waals surface area contributed by atoms with Gasteiger partial charge in [0.15, 0.2) is 0 Å². The fraction of sp³-hybridized carbons (Fsp3) is 0.412. The lowest BCUT2D eigenvalue weighted by atomic mass is 10.1. The molecule has 1 aliphatic rings. The van der Waals surface area contributed by atoms with Crippen molar-refractivity contribution in [2.75, 3.05) is 5.73 Å². The fourth-order valence-corrected chi connectivity index (χ4v) is 2.97. The van der Waals surface area contributed by atoms with Crippen molar-refractivity contribution < 1.29 is 4.79 Å². The van der Waals surface area contributed by atoms with Gasteiger partial charge in [-0.25, -0.2) is 0 Å². The van der Waals surface area contributed by atoms with Gasteiger partial charge in [0.1, 0.15) is 5.78 Å². The molecule has 1 saturated carbocycles. The first-order valence-corrected chi connectivity index (χ1v) is 7.61. The number of ketones is 1. The fourth-order valence-electron chi connectivity index (χ4n) is 2.97. The van der Waals surface area contributed by atoms with E-state index in [4.69, 9.17) is 5.73 Å². The van der Waals surface area contributed by atoms with Gasteiger partial charge in [-0.2, -0.15) is 5.10 Å². The Morgan fingerprint density at radius 3 is 2.57 bits per heavy atom. The second-order valence-electron chi connectivity index (χ2n) is 5.86. The van der Waals surface area contributed by atoms with E-state index >= 15 is 0 Å². The largest absolute Gasteiger partial charge is 0.399 e. The summed E-state index contributed by atoms with van der Waals surface area (Å²) in [6.07, 6.45) is 7.86. The van der Waals surface area contributed by atoms with Gasteiger partial charge in [-0.05, 0) is 36.6 Å². The molecule has 0 unspecified atom stereocenters. The van der Waals surface area contributed by atoms with Gasteiger partial charge in [-0.15, -0.1) is 0 Å². The van der Waals surface area contributed by atoms with Crippen molar-refractivity contribution in [1.29, 1.82) is 0 Å². The van der Waals surface area contributed by atoms with Gasteiger partial charge in [-0.1, -0.05) is 25.0 Å². The molecule has 0 radical (unpaired) electrons. The molecule has 0 bridgehead atoms. The van der Waals surface area contributed by atoms with Crippen LogP contribution in [0.5, 0.6) is 0 Å². The Hall–Kier alpha value is -2.10. The predicted octanol–water partition coefficient (Wildman–Crippen LogP) is 2.93. The lowest BCUT2D eigenvalue weighted by Crippen LogP contribution is -2.09. The molecule has 1 heterocycles. The van der Waals surface area contributed by atoms with E-state index in [-0.39, 0.29) is 5.78 Å². The summed E-state index contributed by atoms with van der Waals surface area (Å²) in [5.74, 6) is 0.191. The van der Waals surface area contributed by atoms with Crippen LogP contribution in [-0.2, 0) is 17.6 Å². The summed E-state index contributed by atoms with van der Waals surface area (Å²) in [4.78, 5) is 12.1. The highest BCUT2D eigenvalue weighted by atomic mass is 16.1. The lowest BCUT2D eigenvalue weighted by molar-refractivity contribution is -0.117. The zero-order valence-electron chi connectivity index (χ0n) is 12.2. The Labute approximate surface area is 125 Å². The third-order valence-electron chi connectivity index (χ3n) is 4.12. The second-order valence-corrected chi connectivity index (χ2v) is 5.86. The van der Waals surface area contributed by atoms with E-state index in [0.717, 1.165) is 16.9 Å².